The predicted molar refractivity (Wildman–Crippen MR) is 107 cm³/mol. The van der Waals surface area contributed by atoms with Crippen molar-refractivity contribution in [1.82, 2.24) is 15.2 Å². The van der Waals surface area contributed by atoms with E-state index in [-0.39, 0.29) is 0 Å². The van der Waals surface area contributed by atoms with Crippen LogP contribution in [-0.4, -0.2) is 79.8 Å². The second-order valence-corrected chi connectivity index (χ2v) is 6.97. The molecule has 0 saturated carbocycles. The third-order valence-electron chi connectivity index (χ3n) is 5.07. The van der Waals surface area contributed by atoms with Crippen LogP contribution in [0.4, 0.5) is 0 Å². The molecule has 5 atom stereocenters. The Balaban J connectivity index is 1.70. The summed E-state index contributed by atoms with van der Waals surface area (Å²) >= 11 is 0. The summed E-state index contributed by atoms with van der Waals surface area (Å²) in [7, 11) is 1.55. The van der Waals surface area contributed by atoms with Crippen molar-refractivity contribution in [2.45, 2.75) is 30.5 Å². The maximum absolute atomic E-state index is 10.2. The van der Waals surface area contributed by atoms with Gasteiger partial charge in [-0.2, -0.15) is 5.10 Å². The van der Waals surface area contributed by atoms with Crippen molar-refractivity contribution < 1.29 is 29.9 Å². The van der Waals surface area contributed by atoms with Crippen LogP contribution in [0.3, 0.4) is 0 Å². The van der Waals surface area contributed by atoms with E-state index in [1.54, 1.807) is 25.6 Å². The molecule has 2 aromatic heterocycles. The fraction of sp³-hybridized carbons (Fsp3) is 0.333. The molecule has 156 valence electrons. The Morgan fingerprint density at radius 2 is 1.93 bits per heavy atom. The van der Waals surface area contributed by atoms with Crippen LogP contribution in [0.15, 0.2) is 36.7 Å². The highest BCUT2D eigenvalue weighted by Gasteiger charge is 2.42. The number of hydrogen-bond acceptors (Lipinski definition) is 8. The molecule has 0 aliphatic carbocycles. The zero-order valence-electron chi connectivity index (χ0n) is 16.1. The average Bonchev–Trinajstić information content (AvgIpc) is 3.26. The molecule has 1 aliphatic rings. The predicted octanol–water partition coefficient (Wildman–Crippen LogP) is -0.173. The first-order chi connectivity index (χ1) is 14.5. The summed E-state index contributed by atoms with van der Waals surface area (Å²) in [6, 6.07) is 7.43. The summed E-state index contributed by atoms with van der Waals surface area (Å²) in [6.07, 6.45) is -3.03. The summed E-state index contributed by atoms with van der Waals surface area (Å²) in [6.45, 7) is -0.506. The van der Waals surface area contributed by atoms with Gasteiger partial charge in [0.2, 0.25) is 5.88 Å². The molecule has 3 aromatic rings. The van der Waals surface area contributed by atoms with Crippen LogP contribution in [0.25, 0.3) is 22.0 Å². The molecular formula is C21H21N3O6. The lowest BCUT2D eigenvalue weighted by Gasteiger charge is -2.37. The lowest BCUT2D eigenvalue weighted by molar-refractivity contribution is -0.214. The number of nitrogens with one attached hydrogen (secondary N) is 1. The van der Waals surface area contributed by atoms with Crippen molar-refractivity contribution in [1.29, 1.82) is 0 Å². The van der Waals surface area contributed by atoms with Gasteiger partial charge < -0.3 is 29.9 Å². The summed E-state index contributed by atoms with van der Waals surface area (Å²) in [5.41, 5.74) is 3.03. The van der Waals surface area contributed by atoms with E-state index in [9.17, 15) is 20.4 Å². The zero-order valence-corrected chi connectivity index (χ0v) is 16.1. The van der Waals surface area contributed by atoms with Crippen LogP contribution in [0.5, 0.6) is 5.88 Å². The number of hydrogen-bond donors (Lipinski definition) is 5. The Morgan fingerprint density at radius 3 is 2.63 bits per heavy atom. The van der Waals surface area contributed by atoms with E-state index >= 15 is 0 Å². The second kappa shape index (κ2) is 8.39. The maximum atomic E-state index is 10.2. The van der Waals surface area contributed by atoms with Gasteiger partial charge in [-0.05, 0) is 23.8 Å². The quantitative estimate of drug-likeness (QED) is 0.374. The first-order valence-corrected chi connectivity index (χ1v) is 9.31. The first kappa shape index (κ1) is 20.3. The fourth-order valence-electron chi connectivity index (χ4n) is 3.36. The van der Waals surface area contributed by atoms with Crippen LogP contribution >= 0.6 is 0 Å². The van der Waals surface area contributed by atoms with E-state index < -0.39 is 37.1 Å². The van der Waals surface area contributed by atoms with Crippen molar-refractivity contribution >= 4 is 10.9 Å². The van der Waals surface area contributed by atoms with Crippen LogP contribution in [-0.2, 0) is 4.74 Å². The highest BCUT2D eigenvalue weighted by molar-refractivity contribution is 5.89. The minimum Gasteiger partial charge on any atom is -0.481 e. The number of aliphatic hydroxyl groups is 4. The van der Waals surface area contributed by atoms with Gasteiger partial charge in [-0.15, -0.1) is 0 Å². The zero-order chi connectivity index (χ0) is 21.3. The van der Waals surface area contributed by atoms with Gasteiger partial charge in [0.05, 0.1) is 31.0 Å². The monoisotopic (exact) mass is 411 g/mol. The first-order valence-electron chi connectivity index (χ1n) is 9.31. The van der Waals surface area contributed by atoms with E-state index in [1.165, 1.54) is 0 Å². The lowest BCUT2D eigenvalue weighted by Crippen LogP contribution is -2.58. The van der Waals surface area contributed by atoms with Gasteiger partial charge in [0.1, 0.15) is 30.5 Å². The molecule has 1 saturated heterocycles. The molecular weight excluding hydrogens is 390 g/mol. The third kappa shape index (κ3) is 3.75. The summed E-state index contributed by atoms with van der Waals surface area (Å²) in [5, 5.41) is 47.2. The number of fused-ring (bicyclic) bond motifs is 1. The van der Waals surface area contributed by atoms with Gasteiger partial charge in [-0.25, -0.2) is 4.98 Å². The third-order valence-corrected chi connectivity index (χ3v) is 5.07. The van der Waals surface area contributed by atoms with Crippen LogP contribution in [0.2, 0.25) is 0 Å². The standard InChI is InChI=1S/C21H21N3O6/c1-29-17-5-3-12(8-22-17)13-6-11(18-14(7-13)9-23-24-18)2-4-15-19(26)21(28)20(27)16(10-25)30-15/h3,5-9,15-16,19-21,25-28H,10H2,1H3,(H,23,24)/t15-,16-,19-,20-,21-/m1/s1. The summed E-state index contributed by atoms with van der Waals surface area (Å²) in [4.78, 5) is 4.22. The Bertz CT molecular complexity index is 1090. The van der Waals surface area contributed by atoms with Gasteiger partial charge in [-0.1, -0.05) is 11.8 Å². The van der Waals surface area contributed by atoms with Crippen molar-refractivity contribution in [3.05, 3.63) is 42.2 Å². The normalized spacial score (nSPS) is 26.2. The number of benzene rings is 1. The average molecular weight is 411 g/mol. The molecule has 1 fully saturated rings. The number of rotatable bonds is 3. The maximum Gasteiger partial charge on any atom is 0.212 e. The van der Waals surface area contributed by atoms with Gasteiger partial charge in [0.15, 0.2) is 0 Å². The van der Waals surface area contributed by atoms with Crippen LogP contribution in [0.1, 0.15) is 5.56 Å². The van der Waals surface area contributed by atoms with Gasteiger partial charge in [0, 0.05) is 23.2 Å². The van der Waals surface area contributed by atoms with E-state index in [0.717, 1.165) is 16.5 Å². The van der Waals surface area contributed by atoms with E-state index in [0.29, 0.717) is 17.0 Å². The van der Waals surface area contributed by atoms with Crippen LogP contribution < -0.4 is 4.74 Å². The van der Waals surface area contributed by atoms with E-state index in [2.05, 4.69) is 27.0 Å². The minimum atomic E-state index is -1.47. The van der Waals surface area contributed by atoms with E-state index in [4.69, 9.17) is 9.47 Å². The molecule has 0 amide bonds. The molecule has 4 rings (SSSR count). The highest BCUT2D eigenvalue weighted by Crippen LogP contribution is 2.27. The number of pyridine rings is 1. The number of H-pyrrole nitrogens is 1. The number of methoxy groups -OCH3 is 1. The highest BCUT2D eigenvalue weighted by atomic mass is 16.5. The molecule has 0 unspecified atom stereocenters. The molecule has 9 nitrogen and oxygen atoms in total. The molecule has 30 heavy (non-hydrogen) atoms. The Hall–Kier alpha value is -3.00. The number of aromatic amines is 1. The number of aliphatic hydroxyl groups excluding tert-OH is 4. The molecule has 0 spiro atoms. The Morgan fingerprint density at radius 1 is 1.10 bits per heavy atom. The molecule has 5 N–H and O–H groups in total. The molecule has 3 heterocycles. The molecule has 1 aromatic carbocycles. The lowest BCUT2D eigenvalue weighted by atomic mass is 9.95. The Kier molecular flexibility index (Phi) is 5.67. The fourth-order valence-corrected chi connectivity index (χ4v) is 3.36. The molecule has 9 heteroatoms. The summed E-state index contributed by atoms with van der Waals surface area (Å²) < 4.78 is 10.5. The SMILES string of the molecule is COc1ccc(-c2cc(C#C[C@H]3O[C@H](CO)[C@@H](O)[C@H](O)[C@@H]3O)c3[nH]ncc3c2)cn1. The van der Waals surface area contributed by atoms with Gasteiger partial charge in [-0.3, -0.25) is 5.10 Å². The second-order valence-electron chi connectivity index (χ2n) is 6.97. The molecule has 0 bridgehead atoms. The largest absolute Gasteiger partial charge is 0.481 e. The van der Waals surface area contributed by atoms with Crippen molar-refractivity contribution in [3.8, 4) is 28.8 Å². The van der Waals surface area contributed by atoms with Crippen LogP contribution in [0, 0.1) is 11.8 Å². The van der Waals surface area contributed by atoms with Crippen molar-refractivity contribution in [2.75, 3.05) is 13.7 Å². The Labute approximate surface area is 171 Å². The van der Waals surface area contributed by atoms with Gasteiger partial charge >= 0.3 is 0 Å². The number of nitrogens with zero attached hydrogens (tertiary/aromatic N) is 2. The van der Waals surface area contributed by atoms with Gasteiger partial charge in [0.25, 0.3) is 0 Å². The van der Waals surface area contributed by atoms with Crippen molar-refractivity contribution in [3.63, 3.8) is 0 Å². The smallest absolute Gasteiger partial charge is 0.212 e. The van der Waals surface area contributed by atoms with E-state index in [1.807, 2.05) is 18.2 Å². The molecule has 0 radical (unpaired) electrons. The number of ether oxygens (including phenoxy) is 2. The molecule has 1 aliphatic heterocycles. The van der Waals surface area contributed by atoms with Crippen molar-refractivity contribution in [2.24, 2.45) is 0 Å². The minimum absolute atomic E-state index is 0.505. The number of aromatic nitrogens is 3. The topological polar surface area (TPSA) is 141 Å². The summed E-state index contributed by atoms with van der Waals surface area (Å²) in [5.74, 6) is 6.26.